The number of amidine groups is 1. The van der Waals surface area contributed by atoms with Crippen LogP contribution in [-0.2, 0) is 20.7 Å². The number of thiophene rings is 1. The lowest BCUT2D eigenvalue weighted by molar-refractivity contribution is -0.139. The fraction of sp³-hybridized carbons (Fsp3) is 0.512. The number of nitrogens with two attached hydrogens (primary N) is 1. The van der Waals surface area contributed by atoms with E-state index in [2.05, 4.69) is 10.6 Å². The van der Waals surface area contributed by atoms with E-state index < -0.39 is 6.04 Å². The minimum absolute atomic E-state index is 0.0298. The van der Waals surface area contributed by atoms with Gasteiger partial charge in [0, 0.05) is 39.4 Å². The van der Waals surface area contributed by atoms with E-state index in [-0.39, 0.29) is 53.4 Å². The second-order valence-electron chi connectivity index (χ2n) is 14.9. The Morgan fingerprint density at radius 2 is 1.72 bits per heavy atom. The molecule has 2 fully saturated rings. The summed E-state index contributed by atoms with van der Waals surface area (Å²) in [7, 11) is 0. The molecular formula is C41H52FN5O5S. The van der Waals surface area contributed by atoms with Crippen LogP contribution in [-0.4, -0.2) is 60.3 Å². The van der Waals surface area contributed by atoms with Crippen LogP contribution in [0.25, 0.3) is 0 Å². The molecule has 2 aromatic carbocycles. The predicted molar refractivity (Wildman–Crippen MR) is 204 cm³/mol. The van der Waals surface area contributed by atoms with Gasteiger partial charge in [0.15, 0.2) is 0 Å². The molecule has 1 aliphatic carbocycles. The molecule has 5 N–H and O–H groups in total. The van der Waals surface area contributed by atoms with E-state index in [1.54, 1.807) is 40.6 Å². The van der Waals surface area contributed by atoms with Gasteiger partial charge in [-0.05, 0) is 93.1 Å². The van der Waals surface area contributed by atoms with Crippen molar-refractivity contribution >= 4 is 34.9 Å². The summed E-state index contributed by atoms with van der Waals surface area (Å²) in [5, 5.41) is 15.4. The predicted octanol–water partition coefficient (Wildman–Crippen LogP) is 7.40. The van der Waals surface area contributed by atoms with Crippen molar-refractivity contribution in [2.24, 2.45) is 11.1 Å². The third kappa shape index (κ3) is 9.83. The van der Waals surface area contributed by atoms with Gasteiger partial charge in [-0.15, -0.1) is 11.3 Å². The van der Waals surface area contributed by atoms with Crippen LogP contribution in [0.5, 0.6) is 11.5 Å². The van der Waals surface area contributed by atoms with Crippen molar-refractivity contribution in [2.75, 3.05) is 19.8 Å². The molecule has 1 saturated carbocycles. The van der Waals surface area contributed by atoms with Crippen LogP contribution < -0.4 is 21.1 Å². The molecular weight excluding hydrogens is 694 g/mol. The topological polar surface area (TPSA) is 147 Å². The highest BCUT2D eigenvalue weighted by Crippen LogP contribution is 2.59. The Morgan fingerprint density at radius 3 is 2.42 bits per heavy atom. The number of aryl methyl sites for hydroxylation is 1. The summed E-state index contributed by atoms with van der Waals surface area (Å²) in [6.07, 6.45) is 13.3. The van der Waals surface area contributed by atoms with Gasteiger partial charge < -0.3 is 30.7 Å². The molecule has 53 heavy (non-hydrogen) atoms. The number of piperidine rings is 1. The SMILES string of the molecule is C[C@@H](NC(=O)[C@@H]1C[C@]23COCCCCCCCCCCCCc4cc(ccc4Oc4ccc(F)cc4)C(=O)NCC(=O)N1C2C3)c1cc(C(=N)N)cs1. The average molecular weight is 746 g/mol. The van der Waals surface area contributed by atoms with Crippen LogP contribution in [0.3, 0.4) is 0 Å². The maximum Gasteiger partial charge on any atom is 0.251 e. The number of fused-ring (bicyclic) bond motifs is 2. The van der Waals surface area contributed by atoms with Crippen molar-refractivity contribution in [2.45, 2.75) is 109 Å². The van der Waals surface area contributed by atoms with Crippen molar-refractivity contribution in [3.05, 3.63) is 81.3 Å². The molecule has 3 aromatic rings. The average Bonchev–Trinajstić information content (AvgIpc) is 3.44. The summed E-state index contributed by atoms with van der Waals surface area (Å²) in [5.74, 6) is -0.208. The second-order valence-corrected chi connectivity index (χ2v) is 15.8. The van der Waals surface area contributed by atoms with Crippen molar-refractivity contribution in [1.82, 2.24) is 15.5 Å². The Hall–Kier alpha value is -4.29. The molecule has 3 aliphatic rings. The number of benzene rings is 2. The van der Waals surface area contributed by atoms with Crippen LogP contribution in [0, 0.1) is 16.6 Å². The fourth-order valence-electron chi connectivity index (χ4n) is 7.73. The lowest BCUT2D eigenvalue weighted by Crippen LogP contribution is -2.51. The number of hydrogen-bond acceptors (Lipinski definition) is 7. The summed E-state index contributed by atoms with van der Waals surface area (Å²) < 4.78 is 25.9. The number of nitrogens with zero attached hydrogens (tertiary/aromatic N) is 1. The van der Waals surface area contributed by atoms with Gasteiger partial charge in [-0.25, -0.2) is 4.39 Å². The number of nitrogens with one attached hydrogen (secondary N) is 3. The third-order valence-electron chi connectivity index (χ3n) is 10.9. The lowest BCUT2D eigenvalue weighted by Gasteiger charge is -2.28. The van der Waals surface area contributed by atoms with Crippen LogP contribution in [0.1, 0.15) is 116 Å². The maximum absolute atomic E-state index is 13.9. The highest BCUT2D eigenvalue weighted by molar-refractivity contribution is 7.10. The normalized spacial score (nSPS) is 23.9. The Labute approximate surface area is 315 Å². The number of nitrogen functional groups attached to an aromatic ring is 1. The fourth-order valence-corrected chi connectivity index (χ4v) is 8.64. The van der Waals surface area contributed by atoms with Crippen molar-refractivity contribution in [3.8, 4) is 11.5 Å². The zero-order valence-electron chi connectivity index (χ0n) is 30.6. The standard InChI is InChI=1S/C41H52FN5O5S/c1-27(35-21-30(25-53-35)38(43)44)46-40(50)33-22-41-23-36(41)47(33)37(48)24-45-39(49)29-13-18-34(52-32-16-14-31(42)15-17-32)28(20-29)12-10-8-6-4-2-3-5-7-9-11-19-51-26-41/h13-18,20-21,25,27,33,36H,2-12,19,22-24,26H2,1H3,(H3,43,44)(H,45,49)(H,46,50)/t27-,33+,36?,41+/m1/s1. The van der Waals surface area contributed by atoms with E-state index >= 15 is 0 Å². The first-order chi connectivity index (χ1) is 25.6. The maximum atomic E-state index is 13.9. The van der Waals surface area contributed by atoms with Crippen LogP contribution >= 0.6 is 11.3 Å². The van der Waals surface area contributed by atoms with Crippen molar-refractivity contribution in [1.29, 1.82) is 5.41 Å². The van der Waals surface area contributed by atoms with Gasteiger partial charge in [0.2, 0.25) is 11.8 Å². The number of amides is 3. The van der Waals surface area contributed by atoms with E-state index in [1.807, 2.05) is 13.0 Å². The summed E-state index contributed by atoms with van der Waals surface area (Å²) in [5.41, 5.74) is 7.27. The van der Waals surface area contributed by atoms with E-state index in [9.17, 15) is 18.8 Å². The van der Waals surface area contributed by atoms with E-state index in [1.165, 1.54) is 55.6 Å². The molecule has 3 amide bonds. The van der Waals surface area contributed by atoms with E-state index in [4.69, 9.17) is 20.6 Å². The minimum Gasteiger partial charge on any atom is -0.457 e. The third-order valence-corrected chi connectivity index (χ3v) is 12.0. The van der Waals surface area contributed by atoms with Crippen LogP contribution in [0.15, 0.2) is 53.9 Å². The summed E-state index contributed by atoms with van der Waals surface area (Å²) in [6, 6.07) is 11.7. The number of hydrogen-bond donors (Lipinski definition) is 4. The van der Waals surface area contributed by atoms with Gasteiger partial charge >= 0.3 is 0 Å². The monoisotopic (exact) mass is 745 g/mol. The van der Waals surface area contributed by atoms with Gasteiger partial charge in [0.1, 0.15) is 29.2 Å². The molecule has 3 heterocycles. The molecule has 4 atom stereocenters. The molecule has 2 aliphatic heterocycles. The zero-order chi connectivity index (χ0) is 37.4. The minimum atomic E-state index is -0.694. The lowest BCUT2D eigenvalue weighted by atomic mass is 9.99. The molecule has 1 saturated heterocycles. The molecule has 1 aromatic heterocycles. The Kier molecular flexibility index (Phi) is 12.8. The quantitative estimate of drug-likeness (QED) is 0.153. The van der Waals surface area contributed by atoms with Gasteiger partial charge in [-0.3, -0.25) is 19.8 Å². The first-order valence-corrected chi connectivity index (χ1v) is 20.0. The Balaban J connectivity index is 1.17. The molecule has 0 radical (unpaired) electrons. The number of rotatable bonds is 6. The molecule has 10 nitrogen and oxygen atoms in total. The number of halogens is 1. The first-order valence-electron chi connectivity index (χ1n) is 19.1. The van der Waals surface area contributed by atoms with Gasteiger partial charge in [-0.1, -0.05) is 51.4 Å². The summed E-state index contributed by atoms with van der Waals surface area (Å²) in [6.45, 7) is 2.79. The van der Waals surface area contributed by atoms with Crippen molar-refractivity contribution in [3.63, 3.8) is 0 Å². The summed E-state index contributed by atoms with van der Waals surface area (Å²) >= 11 is 1.42. The highest BCUT2D eigenvalue weighted by Gasteiger charge is 2.67. The molecule has 12 heteroatoms. The smallest absolute Gasteiger partial charge is 0.251 e. The molecule has 4 bridgehead atoms. The van der Waals surface area contributed by atoms with Gasteiger partial charge in [0.25, 0.3) is 5.91 Å². The van der Waals surface area contributed by atoms with Gasteiger partial charge in [-0.2, -0.15) is 0 Å². The zero-order valence-corrected chi connectivity index (χ0v) is 31.4. The van der Waals surface area contributed by atoms with Gasteiger partial charge in [0.05, 0.1) is 19.2 Å². The van der Waals surface area contributed by atoms with Crippen molar-refractivity contribution < 1.29 is 28.2 Å². The largest absolute Gasteiger partial charge is 0.457 e. The first kappa shape index (κ1) is 38.4. The molecule has 1 unspecified atom stereocenters. The number of ether oxygens (including phenoxy) is 2. The Bertz CT molecular complexity index is 1770. The molecule has 284 valence electrons. The van der Waals surface area contributed by atoms with E-state index in [0.717, 1.165) is 49.0 Å². The molecule has 0 spiro atoms. The second kappa shape index (κ2) is 17.7. The number of carbonyl (C=O) groups excluding carboxylic acids is 3. The Morgan fingerprint density at radius 1 is 1.02 bits per heavy atom. The molecule has 6 rings (SSSR count). The summed E-state index contributed by atoms with van der Waals surface area (Å²) in [4.78, 5) is 43.8. The van der Waals surface area contributed by atoms with Crippen LogP contribution in [0.2, 0.25) is 0 Å². The van der Waals surface area contributed by atoms with E-state index in [0.29, 0.717) is 48.7 Å². The van der Waals surface area contributed by atoms with Crippen LogP contribution in [0.4, 0.5) is 4.39 Å². The number of carbonyl (C=O) groups is 3. The highest BCUT2D eigenvalue weighted by atomic mass is 32.1.